The van der Waals surface area contributed by atoms with E-state index in [-0.39, 0.29) is 11.9 Å². The molecule has 2 aliphatic rings. The van der Waals surface area contributed by atoms with Gasteiger partial charge in [-0.25, -0.2) is 0 Å². The van der Waals surface area contributed by atoms with Crippen molar-refractivity contribution in [1.29, 1.82) is 0 Å². The van der Waals surface area contributed by atoms with Gasteiger partial charge in [0.1, 0.15) is 19.3 Å². The molecule has 2 unspecified atom stereocenters. The Morgan fingerprint density at radius 3 is 2.73 bits per heavy atom. The Kier molecular flexibility index (Phi) is 4.85. The maximum atomic E-state index is 12.2. The zero-order valence-electron chi connectivity index (χ0n) is 12.4. The summed E-state index contributed by atoms with van der Waals surface area (Å²) in [4.78, 5) is 12.2. The third kappa shape index (κ3) is 3.37. The number of ether oxygens (including phenoxy) is 3. The summed E-state index contributed by atoms with van der Waals surface area (Å²) in [7, 11) is 0. The summed E-state index contributed by atoms with van der Waals surface area (Å²) in [6.07, 6.45) is -0.438. The molecule has 2 N–H and O–H groups in total. The van der Waals surface area contributed by atoms with Crippen molar-refractivity contribution in [1.82, 2.24) is 10.6 Å². The maximum Gasteiger partial charge on any atom is 0.250 e. The molecule has 2 atom stereocenters. The molecule has 2 aliphatic heterocycles. The molecule has 7 heteroatoms. The van der Waals surface area contributed by atoms with Crippen molar-refractivity contribution in [3.8, 4) is 11.5 Å². The number of benzene rings is 1. The lowest BCUT2D eigenvalue weighted by atomic mass is 10.1. The Hall–Kier alpha value is -1.31. The van der Waals surface area contributed by atoms with Gasteiger partial charge >= 0.3 is 0 Å². The van der Waals surface area contributed by atoms with Crippen molar-refractivity contribution >= 4 is 21.8 Å². The molecule has 1 saturated heterocycles. The van der Waals surface area contributed by atoms with E-state index >= 15 is 0 Å². The second kappa shape index (κ2) is 6.85. The Balaban J connectivity index is 1.71. The molecular formula is C15H19BrN2O4. The van der Waals surface area contributed by atoms with Gasteiger partial charge in [0, 0.05) is 17.6 Å². The summed E-state index contributed by atoms with van der Waals surface area (Å²) in [5, 5.41) is 6.13. The van der Waals surface area contributed by atoms with Crippen molar-refractivity contribution < 1.29 is 19.0 Å². The highest BCUT2D eigenvalue weighted by atomic mass is 79.9. The van der Waals surface area contributed by atoms with E-state index in [4.69, 9.17) is 14.2 Å². The van der Waals surface area contributed by atoms with Crippen molar-refractivity contribution in [2.45, 2.75) is 19.1 Å². The van der Waals surface area contributed by atoms with Crippen molar-refractivity contribution in [3.63, 3.8) is 0 Å². The third-order valence-electron chi connectivity index (χ3n) is 3.71. The van der Waals surface area contributed by atoms with Crippen LogP contribution in [0.15, 0.2) is 16.6 Å². The van der Waals surface area contributed by atoms with E-state index in [1.165, 1.54) is 0 Å². The van der Waals surface area contributed by atoms with Crippen LogP contribution in [0.25, 0.3) is 0 Å². The van der Waals surface area contributed by atoms with E-state index in [0.29, 0.717) is 32.1 Å². The standard InChI is InChI=1S/C15H19BrN2O4/c1-9(18-15(19)14-8-17-2-3-20-14)10-6-12-13(7-11(10)16)22-5-4-21-12/h6-7,9,14,17H,2-5,8H2,1H3,(H,18,19). The number of nitrogens with one attached hydrogen (secondary N) is 2. The van der Waals surface area contributed by atoms with Crippen LogP contribution in [0, 0.1) is 0 Å². The summed E-state index contributed by atoms with van der Waals surface area (Å²) in [5.41, 5.74) is 0.946. The summed E-state index contributed by atoms with van der Waals surface area (Å²) in [6.45, 7) is 4.91. The molecule has 0 aliphatic carbocycles. The molecule has 1 aromatic carbocycles. The molecule has 1 aromatic rings. The third-order valence-corrected chi connectivity index (χ3v) is 4.39. The fourth-order valence-corrected chi connectivity index (χ4v) is 3.20. The number of halogens is 1. The second-order valence-corrected chi connectivity index (χ2v) is 6.17. The summed E-state index contributed by atoms with van der Waals surface area (Å²) in [6, 6.07) is 3.62. The number of amides is 1. The van der Waals surface area contributed by atoms with Gasteiger partial charge < -0.3 is 24.8 Å². The molecule has 22 heavy (non-hydrogen) atoms. The fraction of sp³-hybridized carbons (Fsp3) is 0.533. The van der Waals surface area contributed by atoms with Crippen LogP contribution in [0.5, 0.6) is 11.5 Å². The molecule has 1 fully saturated rings. The first-order valence-electron chi connectivity index (χ1n) is 7.37. The number of hydrogen-bond acceptors (Lipinski definition) is 5. The van der Waals surface area contributed by atoms with Crippen LogP contribution in [0.2, 0.25) is 0 Å². The Morgan fingerprint density at radius 1 is 1.32 bits per heavy atom. The highest BCUT2D eigenvalue weighted by Gasteiger charge is 2.25. The van der Waals surface area contributed by atoms with Crippen LogP contribution < -0.4 is 20.1 Å². The topological polar surface area (TPSA) is 68.8 Å². The van der Waals surface area contributed by atoms with E-state index in [0.717, 1.165) is 22.3 Å². The van der Waals surface area contributed by atoms with Crippen molar-refractivity contribution in [2.75, 3.05) is 32.9 Å². The summed E-state index contributed by atoms with van der Waals surface area (Å²) in [5.74, 6) is 1.32. The summed E-state index contributed by atoms with van der Waals surface area (Å²) >= 11 is 3.53. The molecule has 120 valence electrons. The number of fused-ring (bicyclic) bond motifs is 1. The molecule has 0 spiro atoms. The van der Waals surface area contributed by atoms with Gasteiger partial charge in [0.2, 0.25) is 0 Å². The zero-order chi connectivity index (χ0) is 15.5. The highest BCUT2D eigenvalue weighted by molar-refractivity contribution is 9.10. The fourth-order valence-electron chi connectivity index (χ4n) is 2.53. The molecule has 0 radical (unpaired) electrons. The minimum Gasteiger partial charge on any atom is -0.486 e. The normalized spacial score (nSPS) is 22.0. The first-order chi connectivity index (χ1) is 10.6. The van der Waals surface area contributed by atoms with Gasteiger partial charge in [0.05, 0.1) is 12.6 Å². The van der Waals surface area contributed by atoms with Gasteiger partial charge in [-0.3, -0.25) is 4.79 Å². The Labute approximate surface area is 137 Å². The molecule has 0 bridgehead atoms. The quantitative estimate of drug-likeness (QED) is 0.841. The van der Waals surface area contributed by atoms with E-state index < -0.39 is 6.10 Å². The van der Waals surface area contributed by atoms with Gasteiger partial charge in [0.15, 0.2) is 11.5 Å². The van der Waals surface area contributed by atoms with Gasteiger partial charge in [-0.1, -0.05) is 15.9 Å². The molecule has 0 aromatic heterocycles. The summed E-state index contributed by atoms with van der Waals surface area (Å²) < 4.78 is 17.5. The largest absolute Gasteiger partial charge is 0.486 e. The predicted octanol–water partition coefficient (Wildman–Crippen LogP) is 1.39. The smallest absolute Gasteiger partial charge is 0.250 e. The zero-order valence-corrected chi connectivity index (χ0v) is 13.9. The monoisotopic (exact) mass is 370 g/mol. The number of morpholine rings is 1. The van der Waals surface area contributed by atoms with Gasteiger partial charge in [-0.2, -0.15) is 0 Å². The van der Waals surface area contributed by atoms with Crippen LogP contribution >= 0.6 is 15.9 Å². The van der Waals surface area contributed by atoms with Gasteiger partial charge in [0.25, 0.3) is 5.91 Å². The number of carbonyl (C=O) groups is 1. The van der Waals surface area contributed by atoms with Crippen LogP contribution in [0.4, 0.5) is 0 Å². The van der Waals surface area contributed by atoms with Gasteiger partial charge in [-0.15, -0.1) is 0 Å². The average Bonchev–Trinajstić information content (AvgIpc) is 2.54. The lowest BCUT2D eigenvalue weighted by molar-refractivity contribution is -0.134. The second-order valence-electron chi connectivity index (χ2n) is 5.31. The van der Waals surface area contributed by atoms with E-state index in [1.807, 2.05) is 19.1 Å². The van der Waals surface area contributed by atoms with E-state index in [2.05, 4.69) is 26.6 Å². The molecule has 0 saturated carbocycles. The lowest BCUT2D eigenvalue weighted by Crippen LogP contribution is -2.48. The van der Waals surface area contributed by atoms with Crippen molar-refractivity contribution in [3.05, 3.63) is 22.2 Å². The first kappa shape index (κ1) is 15.6. The van der Waals surface area contributed by atoms with Crippen LogP contribution in [0.1, 0.15) is 18.5 Å². The van der Waals surface area contributed by atoms with Crippen LogP contribution in [-0.2, 0) is 9.53 Å². The van der Waals surface area contributed by atoms with Crippen LogP contribution in [0.3, 0.4) is 0 Å². The molecule has 6 nitrogen and oxygen atoms in total. The predicted molar refractivity (Wildman–Crippen MR) is 84.3 cm³/mol. The lowest BCUT2D eigenvalue weighted by Gasteiger charge is -2.26. The average molecular weight is 371 g/mol. The maximum absolute atomic E-state index is 12.2. The first-order valence-corrected chi connectivity index (χ1v) is 8.16. The minimum absolute atomic E-state index is 0.110. The van der Waals surface area contributed by atoms with Crippen LogP contribution in [-0.4, -0.2) is 44.9 Å². The minimum atomic E-state index is -0.438. The van der Waals surface area contributed by atoms with E-state index in [9.17, 15) is 4.79 Å². The number of carbonyl (C=O) groups excluding carboxylic acids is 1. The number of rotatable bonds is 3. The molecule has 1 amide bonds. The van der Waals surface area contributed by atoms with Gasteiger partial charge in [-0.05, 0) is 24.6 Å². The molecule has 2 heterocycles. The molecular weight excluding hydrogens is 352 g/mol. The SMILES string of the molecule is CC(NC(=O)C1CNCCO1)c1cc2c(cc1Br)OCCO2. The van der Waals surface area contributed by atoms with E-state index in [1.54, 1.807) is 0 Å². The Bertz CT molecular complexity index is 561. The molecule has 3 rings (SSSR count). The van der Waals surface area contributed by atoms with Crippen molar-refractivity contribution in [2.24, 2.45) is 0 Å². The number of hydrogen-bond donors (Lipinski definition) is 2. The highest BCUT2D eigenvalue weighted by Crippen LogP contribution is 2.37. The Morgan fingerprint density at radius 2 is 2.05 bits per heavy atom.